The van der Waals surface area contributed by atoms with Gasteiger partial charge in [-0.25, -0.2) is 0 Å². The Morgan fingerprint density at radius 3 is 2.53 bits per heavy atom. The van der Waals surface area contributed by atoms with Crippen molar-refractivity contribution in [1.29, 1.82) is 0 Å². The molecule has 0 spiro atoms. The molecule has 0 bridgehead atoms. The molecule has 1 rings (SSSR count). The molecule has 104 valence electrons. The minimum absolute atomic E-state index is 0.376. The van der Waals surface area contributed by atoms with Gasteiger partial charge in [0.15, 0.2) is 0 Å². The van der Waals surface area contributed by atoms with Gasteiger partial charge in [0, 0.05) is 13.6 Å². The first-order chi connectivity index (χ1) is 8.86. The molecule has 1 N–H and O–H groups in total. The van der Waals surface area contributed by atoms with E-state index in [0.717, 1.165) is 16.9 Å². The number of carboxylic acid groups (broad SMARTS) is 1. The van der Waals surface area contributed by atoms with E-state index < -0.39 is 17.8 Å². The molecule has 5 heteroatoms. The SMILES string of the molecule is COc1ccc(CN(C)C(=O)C(C)C(=O)O)cc1C. The fourth-order valence-electron chi connectivity index (χ4n) is 1.83. The van der Waals surface area contributed by atoms with Gasteiger partial charge in [0.25, 0.3) is 0 Å². The van der Waals surface area contributed by atoms with Crippen LogP contribution < -0.4 is 4.74 Å². The van der Waals surface area contributed by atoms with Gasteiger partial charge >= 0.3 is 5.97 Å². The summed E-state index contributed by atoms with van der Waals surface area (Å²) < 4.78 is 5.16. The van der Waals surface area contributed by atoms with Crippen molar-refractivity contribution in [2.45, 2.75) is 20.4 Å². The lowest BCUT2D eigenvalue weighted by Crippen LogP contribution is -2.34. The van der Waals surface area contributed by atoms with Crippen LogP contribution in [0.15, 0.2) is 18.2 Å². The molecule has 0 heterocycles. The maximum atomic E-state index is 11.8. The highest BCUT2D eigenvalue weighted by molar-refractivity contribution is 5.96. The second kappa shape index (κ2) is 6.22. The number of benzene rings is 1. The molecule has 5 nitrogen and oxygen atoms in total. The molecule has 0 radical (unpaired) electrons. The van der Waals surface area contributed by atoms with Gasteiger partial charge < -0.3 is 14.7 Å². The highest BCUT2D eigenvalue weighted by Gasteiger charge is 2.23. The fourth-order valence-corrected chi connectivity index (χ4v) is 1.83. The van der Waals surface area contributed by atoms with Gasteiger partial charge in [-0.15, -0.1) is 0 Å². The second-order valence-corrected chi connectivity index (χ2v) is 4.56. The Morgan fingerprint density at radius 2 is 2.05 bits per heavy atom. The number of hydrogen-bond acceptors (Lipinski definition) is 3. The zero-order chi connectivity index (χ0) is 14.6. The van der Waals surface area contributed by atoms with Crippen LogP contribution in [0.2, 0.25) is 0 Å². The second-order valence-electron chi connectivity index (χ2n) is 4.56. The molecule has 0 aliphatic heterocycles. The number of aryl methyl sites for hydroxylation is 1. The van der Waals surface area contributed by atoms with Crippen molar-refractivity contribution in [2.24, 2.45) is 5.92 Å². The first-order valence-electron chi connectivity index (χ1n) is 5.98. The zero-order valence-corrected chi connectivity index (χ0v) is 11.6. The Bertz CT molecular complexity index is 484. The standard InChI is InChI=1S/C14H19NO4/c1-9-7-11(5-6-12(9)19-4)8-15(3)13(16)10(2)14(17)18/h5-7,10H,8H2,1-4H3,(H,17,18). The van der Waals surface area contributed by atoms with E-state index in [1.54, 1.807) is 14.2 Å². The van der Waals surface area contributed by atoms with Crippen LogP contribution in [0.3, 0.4) is 0 Å². The van der Waals surface area contributed by atoms with Crippen molar-refractivity contribution in [3.05, 3.63) is 29.3 Å². The Hall–Kier alpha value is -2.04. The summed E-state index contributed by atoms with van der Waals surface area (Å²) in [6.45, 7) is 3.69. The highest BCUT2D eigenvalue weighted by atomic mass is 16.5. The fraction of sp³-hybridized carbons (Fsp3) is 0.429. The van der Waals surface area contributed by atoms with Crippen molar-refractivity contribution >= 4 is 11.9 Å². The molecule has 1 aromatic rings. The van der Waals surface area contributed by atoms with Gasteiger partial charge in [0.05, 0.1) is 7.11 Å². The van der Waals surface area contributed by atoms with Crippen LogP contribution in [0.4, 0.5) is 0 Å². The lowest BCUT2D eigenvalue weighted by atomic mass is 10.1. The molecule has 0 aliphatic rings. The van der Waals surface area contributed by atoms with Crippen molar-refractivity contribution in [1.82, 2.24) is 4.90 Å². The van der Waals surface area contributed by atoms with Crippen LogP contribution in [-0.2, 0) is 16.1 Å². The lowest BCUT2D eigenvalue weighted by Gasteiger charge is -2.20. The van der Waals surface area contributed by atoms with E-state index in [1.165, 1.54) is 11.8 Å². The number of nitrogens with zero attached hydrogens (tertiary/aromatic N) is 1. The third-order valence-corrected chi connectivity index (χ3v) is 3.00. The minimum atomic E-state index is -1.11. The lowest BCUT2D eigenvalue weighted by molar-refractivity contribution is -0.149. The van der Waals surface area contributed by atoms with Crippen LogP contribution in [0.25, 0.3) is 0 Å². The van der Waals surface area contributed by atoms with Gasteiger partial charge in [-0.2, -0.15) is 0 Å². The van der Waals surface area contributed by atoms with E-state index >= 15 is 0 Å². The highest BCUT2D eigenvalue weighted by Crippen LogP contribution is 2.19. The molecule has 0 saturated heterocycles. The van der Waals surface area contributed by atoms with Crippen LogP contribution in [0.5, 0.6) is 5.75 Å². The normalized spacial score (nSPS) is 11.8. The molecule has 19 heavy (non-hydrogen) atoms. The molecule has 1 aromatic carbocycles. The molecular formula is C14H19NO4. The number of aliphatic carboxylic acids is 1. The summed E-state index contributed by atoms with van der Waals surface area (Å²) in [7, 11) is 3.20. The van der Waals surface area contributed by atoms with E-state index in [2.05, 4.69) is 0 Å². The average molecular weight is 265 g/mol. The molecule has 1 unspecified atom stereocenters. The van der Waals surface area contributed by atoms with Gasteiger partial charge in [0.1, 0.15) is 11.7 Å². The first kappa shape index (κ1) is 15.0. The Morgan fingerprint density at radius 1 is 1.42 bits per heavy atom. The van der Waals surface area contributed by atoms with Gasteiger partial charge in [0.2, 0.25) is 5.91 Å². The summed E-state index contributed by atoms with van der Waals surface area (Å²) in [5, 5.41) is 8.82. The summed E-state index contributed by atoms with van der Waals surface area (Å²) in [6, 6.07) is 5.62. The summed E-state index contributed by atoms with van der Waals surface area (Å²) in [5.74, 6) is -1.75. The number of carbonyl (C=O) groups is 2. The van der Waals surface area contributed by atoms with Crippen molar-refractivity contribution < 1.29 is 19.4 Å². The predicted octanol–water partition coefficient (Wildman–Crippen LogP) is 1.68. The molecule has 0 aliphatic carbocycles. The number of rotatable bonds is 5. The maximum Gasteiger partial charge on any atom is 0.315 e. The van der Waals surface area contributed by atoms with Gasteiger partial charge in [-0.1, -0.05) is 12.1 Å². The number of hydrogen-bond donors (Lipinski definition) is 1. The Kier molecular flexibility index (Phi) is 4.92. The summed E-state index contributed by atoms with van der Waals surface area (Å²) in [5.41, 5.74) is 1.92. The summed E-state index contributed by atoms with van der Waals surface area (Å²) in [6.07, 6.45) is 0. The van der Waals surface area contributed by atoms with Gasteiger partial charge in [-0.05, 0) is 31.0 Å². The van der Waals surface area contributed by atoms with E-state index in [-0.39, 0.29) is 0 Å². The topological polar surface area (TPSA) is 66.8 Å². The quantitative estimate of drug-likeness (QED) is 0.823. The monoisotopic (exact) mass is 265 g/mol. The van der Waals surface area contributed by atoms with Crippen LogP contribution in [-0.4, -0.2) is 36.0 Å². The maximum absolute atomic E-state index is 11.8. The van der Waals surface area contributed by atoms with E-state index in [0.29, 0.717) is 6.54 Å². The zero-order valence-electron chi connectivity index (χ0n) is 11.6. The van der Waals surface area contributed by atoms with E-state index in [9.17, 15) is 9.59 Å². The van der Waals surface area contributed by atoms with Crippen molar-refractivity contribution in [3.8, 4) is 5.75 Å². The average Bonchev–Trinajstić information content (AvgIpc) is 2.37. The molecule has 0 saturated carbocycles. The summed E-state index contributed by atoms with van der Waals surface area (Å²) >= 11 is 0. The third kappa shape index (κ3) is 3.71. The number of ether oxygens (including phenoxy) is 1. The van der Waals surface area contributed by atoms with E-state index in [4.69, 9.17) is 9.84 Å². The largest absolute Gasteiger partial charge is 0.496 e. The number of carboxylic acids is 1. The molecular weight excluding hydrogens is 246 g/mol. The molecule has 1 atom stereocenters. The predicted molar refractivity (Wildman–Crippen MR) is 71.0 cm³/mol. The van der Waals surface area contributed by atoms with Crippen LogP contribution in [0, 0.1) is 12.8 Å². The smallest absolute Gasteiger partial charge is 0.315 e. The number of carbonyl (C=O) groups excluding carboxylic acids is 1. The number of methoxy groups -OCH3 is 1. The molecule has 0 aromatic heterocycles. The van der Waals surface area contributed by atoms with E-state index in [1.807, 2.05) is 25.1 Å². The van der Waals surface area contributed by atoms with Crippen molar-refractivity contribution in [3.63, 3.8) is 0 Å². The van der Waals surface area contributed by atoms with Crippen LogP contribution >= 0.6 is 0 Å². The molecule has 1 amide bonds. The first-order valence-corrected chi connectivity index (χ1v) is 5.98. The Labute approximate surface area is 112 Å². The number of amides is 1. The van der Waals surface area contributed by atoms with Crippen LogP contribution in [0.1, 0.15) is 18.1 Å². The third-order valence-electron chi connectivity index (χ3n) is 3.00. The minimum Gasteiger partial charge on any atom is -0.496 e. The van der Waals surface area contributed by atoms with Gasteiger partial charge in [-0.3, -0.25) is 9.59 Å². The summed E-state index contributed by atoms with van der Waals surface area (Å²) in [4.78, 5) is 24.0. The Balaban J connectivity index is 2.77. The van der Waals surface area contributed by atoms with Crippen molar-refractivity contribution in [2.75, 3.05) is 14.2 Å². The molecule has 0 fully saturated rings.